The number of ether oxygens (including phenoxy) is 1. The van der Waals surface area contributed by atoms with E-state index in [0.29, 0.717) is 0 Å². The first-order valence-corrected chi connectivity index (χ1v) is 15.9. The number of nitro groups is 1. The van der Waals surface area contributed by atoms with Gasteiger partial charge in [0, 0.05) is 78.5 Å². The number of hydrogen-bond donors (Lipinski definition) is 0. The number of rotatable bonds is 9. The summed E-state index contributed by atoms with van der Waals surface area (Å²) in [6, 6.07) is 27.8. The Hall–Kier alpha value is -4.63. The summed E-state index contributed by atoms with van der Waals surface area (Å²) < 4.78 is 6.18. The maximum absolute atomic E-state index is 11.0. The lowest BCUT2D eigenvalue weighted by atomic mass is 9.80. The van der Waals surface area contributed by atoms with Crippen LogP contribution in [-0.4, -0.2) is 42.4 Å². The number of fused-ring (bicyclic) bond motifs is 6. The van der Waals surface area contributed by atoms with Crippen molar-refractivity contribution >= 4 is 40.1 Å². The van der Waals surface area contributed by atoms with E-state index in [2.05, 4.69) is 97.2 Å². The van der Waals surface area contributed by atoms with Crippen LogP contribution in [0, 0.1) is 10.1 Å². The molecule has 8 nitrogen and oxygen atoms in total. The quantitative estimate of drug-likeness (QED) is 0.109. The van der Waals surface area contributed by atoms with Gasteiger partial charge < -0.3 is 14.5 Å². The molecule has 0 N–H and O–H groups in total. The number of thioether (sulfide) groups is 1. The van der Waals surface area contributed by atoms with Gasteiger partial charge in [-0.15, -0.1) is 5.10 Å². The summed E-state index contributed by atoms with van der Waals surface area (Å²) >= 11 is 1.68. The number of benzene rings is 4. The third kappa shape index (κ3) is 5.01. The normalized spacial score (nSPS) is 15.1. The van der Waals surface area contributed by atoms with Gasteiger partial charge in [-0.2, -0.15) is 5.10 Å². The third-order valence-corrected chi connectivity index (χ3v) is 9.87. The number of hydrogen-bond acceptors (Lipinski definition) is 8. The van der Waals surface area contributed by atoms with Crippen LogP contribution >= 0.6 is 11.8 Å². The Labute approximate surface area is 262 Å². The van der Waals surface area contributed by atoms with E-state index in [1.54, 1.807) is 30.1 Å². The van der Waals surface area contributed by atoms with E-state index in [1.807, 2.05) is 6.07 Å². The second-order valence-corrected chi connectivity index (χ2v) is 11.8. The van der Waals surface area contributed by atoms with Crippen molar-refractivity contribution in [2.75, 3.05) is 36.0 Å². The smallest absolute Gasteiger partial charge is 0.269 e. The van der Waals surface area contributed by atoms with Gasteiger partial charge in [-0.25, -0.2) is 0 Å². The summed E-state index contributed by atoms with van der Waals surface area (Å²) in [5, 5.41) is 21.0. The predicted molar refractivity (Wildman–Crippen MR) is 181 cm³/mol. The van der Waals surface area contributed by atoms with Crippen molar-refractivity contribution in [1.82, 2.24) is 0 Å². The van der Waals surface area contributed by atoms with Gasteiger partial charge in [0.2, 0.25) is 0 Å². The van der Waals surface area contributed by atoms with Crippen molar-refractivity contribution in [3.63, 3.8) is 0 Å². The first-order valence-electron chi connectivity index (χ1n) is 15.0. The molecule has 0 aromatic heterocycles. The maximum Gasteiger partial charge on any atom is 0.269 e. The highest BCUT2D eigenvalue weighted by Crippen LogP contribution is 2.63. The van der Waals surface area contributed by atoms with E-state index in [-0.39, 0.29) is 5.69 Å². The fourth-order valence-electron chi connectivity index (χ4n) is 6.14. The maximum atomic E-state index is 11.0. The highest BCUT2D eigenvalue weighted by molar-refractivity contribution is 8.16. The minimum absolute atomic E-state index is 0.0424. The van der Waals surface area contributed by atoms with Crippen LogP contribution in [0.2, 0.25) is 0 Å². The number of non-ortho nitro benzene ring substituents is 1. The molecule has 1 spiro atoms. The molecule has 0 saturated carbocycles. The summed E-state index contributed by atoms with van der Waals surface area (Å²) in [7, 11) is 0. The zero-order chi connectivity index (χ0) is 30.8. The van der Waals surface area contributed by atoms with Crippen LogP contribution in [0.5, 0.6) is 11.5 Å². The van der Waals surface area contributed by atoms with E-state index in [9.17, 15) is 10.1 Å². The highest BCUT2D eigenvalue weighted by Gasteiger charge is 2.51. The fraction of sp³-hybridized carbons (Fsp3) is 0.257. The Morgan fingerprint density at radius 2 is 1.36 bits per heavy atom. The zero-order valence-electron chi connectivity index (χ0n) is 25.4. The molecule has 2 aliphatic rings. The van der Waals surface area contributed by atoms with E-state index in [4.69, 9.17) is 9.84 Å². The average molecular weight is 606 g/mol. The lowest BCUT2D eigenvalue weighted by molar-refractivity contribution is -0.384. The highest BCUT2D eigenvalue weighted by atomic mass is 32.2. The van der Waals surface area contributed by atoms with E-state index in [1.165, 1.54) is 12.1 Å². The van der Waals surface area contributed by atoms with Crippen molar-refractivity contribution in [1.29, 1.82) is 0 Å². The molecule has 0 bridgehead atoms. The number of anilines is 2. The summed E-state index contributed by atoms with van der Waals surface area (Å²) in [5.74, 6) is 1.69. The second-order valence-electron chi connectivity index (χ2n) is 10.6. The van der Waals surface area contributed by atoms with E-state index < -0.39 is 9.67 Å². The Balaban J connectivity index is 1.49. The van der Waals surface area contributed by atoms with Gasteiger partial charge in [-0.05, 0) is 63.1 Å². The molecule has 2 aliphatic heterocycles. The number of nitro benzene ring substituents is 1. The van der Waals surface area contributed by atoms with Crippen molar-refractivity contribution in [3.05, 3.63) is 123 Å². The Kier molecular flexibility index (Phi) is 8.14. The molecule has 0 fully saturated rings. The molecule has 4 aromatic rings. The fourth-order valence-corrected chi connectivity index (χ4v) is 7.65. The Bertz CT molecular complexity index is 1700. The van der Waals surface area contributed by atoms with Gasteiger partial charge in [0.15, 0.2) is 0 Å². The topological polar surface area (TPSA) is 83.6 Å². The molecule has 0 aliphatic carbocycles. The minimum atomic E-state index is -0.579. The largest absolute Gasteiger partial charge is 0.456 e. The molecule has 224 valence electrons. The lowest BCUT2D eigenvalue weighted by Gasteiger charge is -2.38. The molecule has 44 heavy (non-hydrogen) atoms. The molecule has 0 saturated heterocycles. The monoisotopic (exact) mass is 605 g/mol. The zero-order valence-corrected chi connectivity index (χ0v) is 26.2. The molecule has 0 radical (unpaired) electrons. The van der Waals surface area contributed by atoms with Gasteiger partial charge in [0.1, 0.15) is 21.3 Å². The van der Waals surface area contributed by atoms with Gasteiger partial charge in [-0.1, -0.05) is 48.2 Å². The van der Waals surface area contributed by atoms with E-state index in [0.717, 1.165) is 81.9 Å². The van der Waals surface area contributed by atoms with Crippen LogP contribution in [0.4, 0.5) is 17.1 Å². The third-order valence-electron chi connectivity index (χ3n) is 8.41. The van der Waals surface area contributed by atoms with Gasteiger partial charge in [0.25, 0.3) is 5.69 Å². The van der Waals surface area contributed by atoms with Gasteiger partial charge in [-0.3, -0.25) is 10.1 Å². The molecule has 0 atom stereocenters. The standard InChI is InChI=1S/C35H35N5O3S/c1-5-38(6-2)26-17-19-30-32(21-26)43-33-22-27(39(7-3)8-4)18-20-31(33)35(30)29-12-10-9-11-28(29)34(44-35)37-36-23-24-13-15-25(16-14-24)40(41)42/h9-23H,5-8H2,1-4H3/b36-23+,37-34+. The molecule has 0 amide bonds. The van der Waals surface area contributed by atoms with Crippen molar-refractivity contribution in [2.24, 2.45) is 10.2 Å². The summed E-state index contributed by atoms with van der Waals surface area (Å²) in [4.78, 5) is 15.3. The number of nitrogens with zero attached hydrogens (tertiary/aromatic N) is 5. The first kappa shape index (κ1) is 29.4. The van der Waals surface area contributed by atoms with Crippen LogP contribution in [0.25, 0.3) is 0 Å². The lowest BCUT2D eigenvalue weighted by Crippen LogP contribution is -2.29. The van der Waals surface area contributed by atoms with Crippen LogP contribution in [0.1, 0.15) is 55.5 Å². The molecule has 4 aromatic carbocycles. The van der Waals surface area contributed by atoms with E-state index >= 15 is 0 Å². The Morgan fingerprint density at radius 1 is 0.795 bits per heavy atom. The average Bonchev–Trinajstić information content (AvgIpc) is 3.37. The van der Waals surface area contributed by atoms with Gasteiger partial charge in [0.05, 0.1) is 11.1 Å². The van der Waals surface area contributed by atoms with Crippen LogP contribution < -0.4 is 14.5 Å². The molecule has 2 heterocycles. The van der Waals surface area contributed by atoms with Crippen LogP contribution in [0.3, 0.4) is 0 Å². The van der Waals surface area contributed by atoms with Crippen LogP contribution in [0.15, 0.2) is 95.1 Å². The van der Waals surface area contributed by atoms with Crippen LogP contribution in [-0.2, 0) is 4.75 Å². The Morgan fingerprint density at radius 3 is 1.91 bits per heavy atom. The van der Waals surface area contributed by atoms with Gasteiger partial charge >= 0.3 is 0 Å². The molecule has 0 unspecified atom stereocenters. The second kappa shape index (κ2) is 12.2. The van der Waals surface area contributed by atoms with Crippen molar-refractivity contribution in [3.8, 4) is 11.5 Å². The summed E-state index contributed by atoms with van der Waals surface area (Å²) in [6.07, 6.45) is 1.63. The molecule has 9 heteroatoms. The molecular weight excluding hydrogens is 570 g/mol. The predicted octanol–water partition coefficient (Wildman–Crippen LogP) is 8.21. The van der Waals surface area contributed by atoms with Crippen molar-refractivity contribution < 1.29 is 9.66 Å². The SMILES string of the molecule is CCN(CC)c1ccc2c(c1)Oc1cc(N(CC)CC)ccc1C21S/C(=N/N=C/c2ccc([N+](=O)[O-])cc2)c2ccccc21. The summed E-state index contributed by atoms with van der Waals surface area (Å²) in [5.41, 5.74) is 7.37. The minimum Gasteiger partial charge on any atom is -0.456 e. The first-order chi connectivity index (χ1) is 21.4. The molecular formula is C35H35N5O3S. The van der Waals surface area contributed by atoms with Crippen molar-refractivity contribution in [2.45, 2.75) is 32.4 Å². The summed E-state index contributed by atoms with van der Waals surface area (Å²) in [6.45, 7) is 12.3. The molecule has 6 rings (SSSR count).